The molecule has 1 unspecified atom stereocenters. The van der Waals surface area contributed by atoms with Gasteiger partial charge in [-0.15, -0.1) is 0 Å². The van der Waals surface area contributed by atoms with Crippen LogP contribution in [0.3, 0.4) is 0 Å². The average molecular weight is 240 g/mol. The van der Waals surface area contributed by atoms with Crippen molar-refractivity contribution in [1.82, 2.24) is 10.2 Å². The van der Waals surface area contributed by atoms with Gasteiger partial charge in [0.15, 0.2) is 0 Å². The van der Waals surface area contributed by atoms with Gasteiger partial charge in [0.1, 0.15) is 6.04 Å². The predicted molar refractivity (Wildman–Crippen MR) is 71.2 cm³/mol. The van der Waals surface area contributed by atoms with E-state index in [0.29, 0.717) is 0 Å². The highest BCUT2D eigenvalue weighted by Gasteiger charge is 2.17. The maximum Gasteiger partial charge on any atom is 0.143 e. The van der Waals surface area contributed by atoms with Crippen molar-refractivity contribution in [2.75, 3.05) is 5.32 Å². The second-order valence-corrected chi connectivity index (χ2v) is 4.42. The Hall–Kier alpha value is -2.28. The monoisotopic (exact) mass is 240 g/mol. The molecule has 0 aliphatic heterocycles. The first-order valence-electron chi connectivity index (χ1n) is 5.86. The van der Waals surface area contributed by atoms with Crippen molar-refractivity contribution in [3.05, 3.63) is 46.8 Å². The third-order valence-corrected chi connectivity index (χ3v) is 2.93. The zero-order valence-electron chi connectivity index (χ0n) is 10.8. The Labute approximate surface area is 107 Å². The van der Waals surface area contributed by atoms with Gasteiger partial charge in [-0.1, -0.05) is 12.1 Å². The third kappa shape index (κ3) is 2.35. The van der Waals surface area contributed by atoms with Crippen LogP contribution in [-0.4, -0.2) is 10.2 Å². The minimum Gasteiger partial charge on any atom is -0.366 e. The molecule has 0 aliphatic rings. The van der Waals surface area contributed by atoms with E-state index in [-0.39, 0.29) is 6.04 Å². The van der Waals surface area contributed by atoms with Gasteiger partial charge in [0.2, 0.25) is 0 Å². The summed E-state index contributed by atoms with van der Waals surface area (Å²) >= 11 is 0. The van der Waals surface area contributed by atoms with E-state index in [0.717, 1.165) is 28.2 Å². The molecular weight excluding hydrogens is 224 g/mol. The summed E-state index contributed by atoms with van der Waals surface area (Å²) in [5.41, 5.74) is 4.83. The number of hydrogen-bond donors (Lipinski definition) is 2. The number of hydrogen-bond acceptors (Lipinski definition) is 3. The van der Waals surface area contributed by atoms with E-state index in [4.69, 9.17) is 0 Å². The Balaban J connectivity index is 2.29. The van der Waals surface area contributed by atoms with Crippen molar-refractivity contribution in [1.29, 1.82) is 5.26 Å². The molecule has 4 nitrogen and oxygen atoms in total. The fourth-order valence-electron chi connectivity index (χ4n) is 2.06. The van der Waals surface area contributed by atoms with Crippen LogP contribution in [0.1, 0.15) is 28.6 Å². The van der Waals surface area contributed by atoms with E-state index < -0.39 is 0 Å². The molecule has 0 saturated carbocycles. The van der Waals surface area contributed by atoms with E-state index in [1.165, 1.54) is 0 Å². The van der Waals surface area contributed by atoms with E-state index >= 15 is 0 Å². The topological polar surface area (TPSA) is 64.5 Å². The van der Waals surface area contributed by atoms with Crippen molar-refractivity contribution in [3.8, 4) is 6.07 Å². The molecule has 18 heavy (non-hydrogen) atoms. The lowest BCUT2D eigenvalue weighted by Crippen LogP contribution is -2.10. The summed E-state index contributed by atoms with van der Waals surface area (Å²) in [6.07, 6.45) is 0. The first-order valence-corrected chi connectivity index (χ1v) is 5.86. The van der Waals surface area contributed by atoms with Crippen molar-refractivity contribution in [2.24, 2.45) is 0 Å². The summed E-state index contributed by atoms with van der Waals surface area (Å²) in [4.78, 5) is 0. The molecule has 1 aromatic carbocycles. The van der Waals surface area contributed by atoms with Crippen LogP contribution >= 0.6 is 0 Å². The van der Waals surface area contributed by atoms with Crippen LogP contribution in [-0.2, 0) is 0 Å². The van der Waals surface area contributed by atoms with Crippen LogP contribution in [0.5, 0.6) is 0 Å². The maximum absolute atomic E-state index is 9.32. The molecule has 2 N–H and O–H groups in total. The highest BCUT2D eigenvalue weighted by Crippen LogP contribution is 2.23. The van der Waals surface area contributed by atoms with Crippen LogP contribution in [0.15, 0.2) is 24.3 Å². The van der Waals surface area contributed by atoms with Gasteiger partial charge in [0.25, 0.3) is 0 Å². The van der Waals surface area contributed by atoms with Gasteiger partial charge in [-0.2, -0.15) is 10.4 Å². The molecule has 92 valence electrons. The molecule has 1 aromatic heterocycles. The second-order valence-electron chi connectivity index (χ2n) is 4.42. The molecule has 0 bridgehead atoms. The molecule has 0 saturated heterocycles. The lowest BCUT2D eigenvalue weighted by molar-refractivity contribution is 0.968. The van der Waals surface area contributed by atoms with Crippen LogP contribution in [0, 0.1) is 32.1 Å². The summed E-state index contributed by atoms with van der Waals surface area (Å²) in [6, 6.07) is 9.88. The van der Waals surface area contributed by atoms with Crippen LogP contribution in [0.2, 0.25) is 0 Å². The number of anilines is 1. The Morgan fingerprint density at radius 2 is 2.11 bits per heavy atom. The largest absolute Gasteiger partial charge is 0.366 e. The lowest BCUT2D eigenvalue weighted by Gasteiger charge is -2.13. The van der Waals surface area contributed by atoms with Crippen molar-refractivity contribution < 1.29 is 0 Å². The van der Waals surface area contributed by atoms with Crippen LogP contribution in [0.4, 0.5) is 5.69 Å². The number of aromatic nitrogens is 2. The summed E-state index contributed by atoms with van der Waals surface area (Å²) in [5, 5.41) is 19.6. The molecule has 1 heterocycles. The summed E-state index contributed by atoms with van der Waals surface area (Å²) < 4.78 is 0. The molecule has 0 spiro atoms. The van der Waals surface area contributed by atoms with Gasteiger partial charge in [-0.3, -0.25) is 5.10 Å². The highest BCUT2D eigenvalue weighted by atomic mass is 15.1. The Bertz CT molecular complexity index is 573. The quantitative estimate of drug-likeness (QED) is 0.866. The predicted octanol–water partition coefficient (Wildman–Crippen LogP) is 3.01. The second kappa shape index (κ2) is 4.92. The summed E-state index contributed by atoms with van der Waals surface area (Å²) in [5.74, 6) is 0. The van der Waals surface area contributed by atoms with E-state index in [9.17, 15) is 5.26 Å². The zero-order chi connectivity index (χ0) is 13.1. The summed E-state index contributed by atoms with van der Waals surface area (Å²) in [7, 11) is 0. The van der Waals surface area contributed by atoms with Gasteiger partial charge in [-0.05, 0) is 38.5 Å². The summed E-state index contributed by atoms with van der Waals surface area (Å²) in [6.45, 7) is 5.86. The van der Waals surface area contributed by atoms with E-state index in [2.05, 4.69) is 21.6 Å². The molecule has 4 heteroatoms. The van der Waals surface area contributed by atoms with E-state index in [1.54, 1.807) is 0 Å². The van der Waals surface area contributed by atoms with Crippen LogP contribution < -0.4 is 5.32 Å². The number of aryl methyl sites for hydroxylation is 3. The molecule has 0 aliphatic carbocycles. The number of benzene rings is 1. The number of H-pyrrole nitrogens is 1. The normalized spacial score (nSPS) is 11.9. The molecular formula is C14H16N4. The fraction of sp³-hybridized carbons (Fsp3) is 0.286. The van der Waals surface area contributed by atoms with Gasteiger partial charge >= 0.3 is 0 Å². The molecule has 0 amide bonds. The SMILES string of the molecule is Cc1cccc(NC(C#N)c2c(C)n[nH]c2C)c1. The molecule has 2 rings (SSSR count). The number of nitrogens with zero attached hydrogens (tertiary/aromatic N) is 2. The first kappa shape index (κ1) is 12.2. The number of nitriles is 1. The number of nitrogens with one attached hydrogen (secondary N) is 2. The van der Waals surface area contributed by atoms with E-state index in [1.807, 2.05) is 45.0 Å². The van der Waals surface area contributed by atoms with Crippen molar-refractivity contribution in [2.45, 2.75) is 26.8 Å². The fourth-order valence-corrected chi connectivity index (χ4v) is 2.06. The first-order chi connectivity index (χ1) is 8.61. The minimum atomic E-state index is -0.384. The third-order valence-electron chi connectivity index (χ3n) is 2.93. The van der Waals surface area contributed by atoms with Crippen molar-refractivity contribution >= 4 is 5.69 Å². The van der Waals surface area contributed by atoms with Gasteiger partial charge in [-0.25, -0.2) is 0 Å². The lowest BCUT2D eigenvalue weighted by atomic mass is 10.1. The number of aromatic amines is 1. The maximum atomic E-state index is 9.32. The van der Waals surface area contributed by atoms with Crippen LogP contribution in [0.25, 0.3) is 0 Å². The Morgan fingerprint density at radius 3 is 2.67 bits per heavy atom. The number of rotatable bonds is 3. The van der Waals surface area contributed by atoms with Gasteiger partial charge < -0.3 is 5.32 Å². The molecule has 0 fully saturated rings. The minimum absolute atomic E-state index is 0.384. The smallest absolute Gasteiger partial charge is 0.143 e. The van der Waals surface area contributed by atoms with Gasteiger partial charge in [0.05, 0.1) is 11.8 Å². The van der Waals surface area contributed by atoms with Gasteiger partial charge in [0, 0.05) is 16.9 Å². The highest BCUT2D eigenvalue weighted by molar-refractivity contribution is 5.50. The Kier molecular flexibility index (Phi) is 3.33. The zero-order valence-corrected chi connectivity index (χ0v) is 10.8. The average Bonchev–Trinajstić information content (AvgIpc) is 2.67. The molecule has 1 atom stereocenters. The molecule has 0 radical (unpaired) electrons. The van der Waals surface area contributed by atoms with Crippen molar-refractivity contribution in [3.63, 3.8) is 0 Å². The standard InChI is InChI=1S/C14H16N4/c1-9-5-4-6-12(7-9)16-13(8-15)14-10(2)17-18-11(14)3/h4-7,13,16H,1-3H3,(H,17,18). The Morgan fingerprint density at radius 1 is 1.33 bits per heavy atom. The molecule has 2 aromatic rings.